The zero-order valence-electron chi connectivity index (χ0n) is 19.3. The molecule has 2 amide bonds. The molecule has 1 aliphatic heterocycles. The monoisotopic (exact) mass is 470 g/mol. The van der Waals surface area contributed by atoms with Gasteiger partial charge in [-0.1, -0.05) is 6.07 Å². The Kier molecular flexibility index (Phi) is 5.92. The van der Waals surface area contributed by atoms with Gasteiger partial charge in [0, 0.05) is 61.9 Å². The summed E-state index contributed by atoms with van der Waals surface area (Å²) in [5, 5.41) is 7.35. The molecule has 4 aromatic rings. The number of primary amides is 1. The molecule has 0 atom stereocenters. The van der Waals surface area contributed by atoms with Gasteiger partial charge in [-0.3, -0.25) is 9.59 Å². The van der Waals surface area contributed by atoms with Crippen LogP contribution in [0.15, 0.2) is 60.8 Å². The van der Waals surface area contributed by atoms with E-state index in [9.17, 15) is 9.59 Å². The second kappa shape index (κ2) is 9.34. The van der Waals surface area contributed by atoms with E-state index in [1.807, 2.05) is 41.3 Å². The first-order valence-corrected chi connectivity index (χ1v) is 11.4. The average molecular weight is 471 g/mol. The maximum atomic E-state index is 11.6. The van der Waals surface area contributed by atoms with Crippen molar-refractivity contribution in [1.82, 2.24) is 19.9 Å². The molecule has 2 aromatic heterocycles. The van der Waals surface area contributed by atoms with Crippen LogP contribution in [0.3, 0.4) is 0 Å². The van der Waals surface area contributed by atoms with E-state index in [2.05, 4.69) is 30.5 Å². The number of nitrogens with zero attached hydrogens (tertiary/aromatic N) is 4. The first-order valence-electron chi connectivity index (χ1n) is 11.4. The van der Waals surface area contributed by atoms with Crippen LogP contribution in [-0.4, -0.2) is 57.8 Å². The summed E-state index contributed by atoms with van der Waals surface area (Å²) in [7, 11) is 0. The molecule has 0 radical (unpaired) electrons. The van der Waals surface area contributed by atoms with Crippen molar-refractivity contribution in [2.75, 3.05) is 41.7 Å². The van der Waals surface area contributed by atoms with Crippen LogP contribution in [0.2, 0.25) is 0 Å². The molecule has 0 saturated carbocycles. The Hall–Kier alpha value is -4.60. The smallest absolute Gasteiger partial charge is 0.248 e. The van der Waals surface area contributed by atoms with Crippen LogP contribution < -0.4 is 21.3 Å². The number of hydrogen-bond acceptors (Lipinski definition) is 7. The molecule has 1 aliphatic rings. The number of nitrogens with one attached hydrogen (secondary N) is 3. The van der Waals surface area contributed by atoms with E-state index in [4.69, 9.17) is 5.73 Å². The third kappa shape index (κ3) is 4.86. The number of aromatic nitrogens is 3. The number of hydrogen-bond donors (Lipinski definition) is 4. The van der Waals surface area contributed by atoms with Crippen LogP contribution in [-0.2, 0) is 4.79 Å². The summed E-state index contributed by atoms with van der Waals surface area (Å²) in [5.74, 6) is 0.656. The van der Waals surface area contributed by atoms with E-state index in [1.54, 1.807) is 31.3 Å². The molecule has 35 heavy (non-hydrogen) atoms. The zero-order valence-corrected chi connectivity index (χ0v) is 19.3. The minimum atomic E-state index is -0.491. The summed E-state index contributed by atoms with van der Waals surface area (Å²) in [6.07, 6.45) is 1.80. The maximum Gasteiger partial charge on any atom is 0.248 e. The maximum absolute atomic E-state index is 11.6. The molecule has 5 rings (SSSR count). The quantitative estimate of drug-likeness (QED) is 0.340. The Morgan fingerprint density at radius 3 is 2.43 bits per heavy atom. The van der Waals surface area contributed by atoms with Gasteiger partial charge in [0.2, 0.25) is 17.8 Å². The lowest BCUT2D eigenvalue weighted by Crippen LogP contribution is -2.48. The summed E-state index contributed by atoms with van der Waals surface area (Å²) in [4.78, 5) is 39.6. The summed E-state index contributed by atoms with van der Waals surface area (Å²) >= 11 is 0. The van der Waals surface area contributed by atoms with Gasteiger partial charge in [0.15, 0.2) is 0 Å². The second-order valence-corrected chi connectivity index (χ2v) is 8.37. The first-order chi connectivity index (χ1) is 17.0. The van der Waals surface area contributed by atoms with E-state index in [0.717, 1.165) is 42.9 Å². The number of H-pyrrole nitrogens is 1. The van der Waals surface area contributed by atoms with Crippen molar-refractivity contribution in [3.05, 3.63) is 66.4 Å². The molecule has 10 nitrogen and oxygen atoms in total. The topological polar surface area (TPSA) is 132 Å². The van der Waals surface area contributed by atoms with Gasteiger partial charge in [-0.15, -0.1) is 0 Å². The number of rotatable bonds is 6. The molecule has 5 N–H and O–H groups in total. The lowest BCUT2D eigenvalue weighted by atomic mass is 10.2. The van der Waals surface area contributed by atoms with Gasteiger partial charge in [-0.05, 0) is 48.5 Å². The molecular weight excluding hydrogens is 444 g/mol. The third-order valence-corrected chi connectivity index (χ3v) is 6.04. The minimum Gasteiger partial charge on any atom is -0.368 e. The van der Waals surface area contributed by atoms with Crippen molar-refractivity contribution in [3.8, 4) is 0 Å². The Morgan fingerprint density at radius 2 is 1.71 bits per heavy atom. The summed E-state index contributed by atoms with van der Waals surface area (Å²) in [5.41, 5.74) is 9.15. The number of aromatic amines is 1. The highest BCUT2D eigenvalue weighted by Gasteiger charge is 2.18. The summed E-state index contributed by atoms with van der Waals surface area (Å²) in [6.45, 7) is 4.70. The molecule has 0 unspecified atom stereocenters. The SMILES string of the molecule is CC(=O)N1CCN(c2ccc(Nc3nc(Nc4cccc(C(N)=O)c4)c4cc[nH]c4n3)cc2)CC1. The van der Waals surface area contributed by atoms with Crippen LogP contribution >= 0.6 is 0 Å². The Morgan fingerprint density at radius 1 is 0.943 bits per heavy atom. The first kappa shape index (κ1) is 22.2. The minimum absolute atomic E-state index is 0.123. The molecule has 10 heteroatoms. The zero-order chi connectivity index (χ0) is 24.4. The molecule has 0 spiro atoms. The lowest BCUT2D eigenvalue weighted by Gasteiger charge is -2.35. The fraction of sp³-hybridized carbons (Fsp3) is 0.200. The molecule has 0 aliphatic carbocycles. The molecular formula is C25H26N8O2. The van der Waals surface area contributed by atoms with Crippen molar-refractivity contribution in [3.63, 3.8) is 0 Å². The van der Waals surface area contributed by atoms with Crippen molar-refractivity contribution in [2.45, 2.75) is 6.92 Å². The number of anilines is 5. The predicted molar refractivity (Wildman–Crippen MR) is 136 cm³/mol. The van der Waals surface area contributed by atoms with Crippen LogP contribution in [0.5, 0.6) is 0 Å². The summed E-state index contributed by atoms with van der Waals surface area (Å²) < 4.78 is 0. The van der Waals surface area contributed by atoms with Gasteiger partial charge in [0.1, 0.15) is 11.5 Å². The van der Waals surface area contributed by atoms with Gasteiger partial charge in [-0.2, -0.15) is 9.97 Å². The summed E-state index contributed by atoms with van der Waals surface area (Å²) in [6, 6.07) is 16.9. The molecule has 2 aromatic carbocycles. The Bertz CT molecular complexity index is 1370. The van der Waals surface area contributed by atoms with Crippen molar-refractivity contribution >= 4 is 51.7 Å². The van der Waals surface area contributed by atoms with E-state index in [-0.39, 0.29) is 5.91 Å². The number of carbonyl (C=O) groups excluding carboxylic acids is 2. The normalized spacial score (nSPS) is 13.6. The largest absolute Gasteiger partial charge is 0.368 e. The van der Waals surface area contributed by atoms with Gasteiger partial charge < -0.3 is 31.2 Å². The van der Waals surface area contributed by atoms with Crippen LogP contribution in [0.4, 0.5) is 28.8 Å². The van der Waals surface area contributed by atoms with Crippen LogP contribution in [0.1, 0.15) is 17.3 Å². The second-order valence-electron chi connectivity index (χ2n) is 8.37. The number of benzene rings is 2. The molecule has 178 valence electrons. The highest BCUT2D eigenvalue weighted by molar-refractivity contribution is 5.95. The van der Waals surface area contributed by atoms with Crippen molar-refractivity contribution < 1.29 is 9.59 Å². The highest BCUT2D eigenvalue weighted by Crippen LogP contribution is 2.27. The number of piperazine rings is 1. The number of nitrogens with two attached hydrogens (primary N) is 1. The van der Waals surface area contributed by atoms with E-state index >= 15 is 0 Å². The van der Waals surface area contributed by atoms with Gasteiger partial charge in [0.05, 0.1) is 5.39 Å². The number of fused-ring (bicyclic) bond motifs is 1. The molecule has 1 fully saturated rings. The van der Waals surface area contributed by atoms with E-state index in [0.29, 0.717) is 28.7 Å². The number of amides is 2. The van der Waals surface area contributed by atoms with E-state index in [1.165, 1.54) is 0 Å². The Balaban J connectivity index is 1.33. The van der Waals surface area contributed by atoms with Crippen LogP contribution in [0.25, 0.3) is 11.0 Å². The molecule has 1 saturated heterocycles. The average Bonchev–Trinajstić information content (AvgIpc) is 3.34. The predicted octanol–water partition coefficient (Wildman–Crippen LogP) is 3.21. The Labute approximate surface area is 202 Å². The molecule has 3 heterocycles. The van der Waals surface area contributed by atoms with E-state index < -0.39 is 5.91 Å². The van der Waals surface area contributed by atoms with Crippen molar-refractivity contribution in [2.24, 2.45) is 5.73 Å². The van der Waals surface area contributed by atoms with Crippen molar-refractivity contribution in [1.29, 1.82) is 0 Å². The fourth-order valence-corrected chi connectivity index (χ4v) is 4.14. The fourth-order valence-electron chi connectivity index (χ4n) is 4.14. The van der Waals surface area contributed by atoms with Gasteiger partial charge >= 0.3 is 0 Å². The standard InChI is InChI=1S/C25H26N8O2/c1-16(34)32-11-13-33(14-12-32)20-7-5-18(6-8-20)29-25-30-23-21(9-10-27-23)24(31-25)28-19-4-2-3-17(15-19)22(26)35/h2-10,15H,11-14H2,1H3,(H2,26,35)(H3,27,28,29,30,31). The highest BCUT2D eigenvalue weighted by atomic mass is 16.2. The third-order valence-electron chi connectivity index (χ3n) is 6.04. The number of carbonyl (C=O) groups is 2. The molecule has 0 bridgehead atoms. The van der Waals surface area contributed by atoms with Gasteiger partial charge in [-0.25, -0.2) is 0 Å². The van der Waals surface area contributed by atoms with Crippen LogP contribution in [0, 0.1) is 0 Å². The lowest BCUT2D eigenvalue weighted by molar-refractivity contribution is -0.129. The van der Waals surface area contributed by atoms with Gasteiger partial charge in [0.25, 0.3) is 0 Å².